The molecule has 0 atom stereocenters. The van der Waals surface area contributed by atoms with Crippen LogP contribution in [0, 0.1) is 5.82 Å². The van der Waals surface area contributed by atoms with Crippen LogP contribution >= 0.6 is 0 Å². The van der Waals surface area contributed by atoms with Crippen molar-refractivity contribution in [2.24, 2.45) is 5.73 Å². The second kappa shape index (κ2) is 4.11. The first-order valence-corrected chi connectivity index (χ1v) is 5.99. The van der Waals surface area contributed by atoms with Crippen molar-refractivity contribution in [2.45, 2.75) is 6.54 Å². The number of pyridine rings is 1. The van der Waals surface area contributed by atoms with Gasteiger partial charge in [-0.1, -0.05) is 0 Å². The molecule has 5 nitrogen and oxygen atoms in total. The molecule has 0 fully saturated rings. The molecule has 0 spiro atoms. The molecule has 2 N–H and O–H groups in total. The van der Waals surface area contributed by atoms with Crippen LogP contribution in [0.25, 0.3) is 0 Å². The van der Waals surface area contributed by atoms with Crippen LogP contribution in [0.5, 0.6) is 0 Å². The van der Waals surface area contributed by atoms with Gasteiger partial charge in [0.1, 0.15) is 0 Å². The number of hydrogen-bond acceptors (Lipinski definition) is 4. The van der Waals surface area contributed by atoms with E-state index in [9.17, 15) is 12.8 Å². The predicted octanol–water partition coefficient (Wildman–Crippen LogP) is 0.0752. The van der Waals surface area contributed by atoms with Crippen LogP contribution in [-0.2, 0) is 16.6 Å². The van der Waals surface area contributed by atoms with Gasteiger partial charge in [0.2, 0.25) is 10.0 Å². The van der Waals surface area contributed by atoms with E-state index in [1.54, 1.807) is 0 Å². The predicted molar refractivity (Wildman–Crippen MR) is 55.3 cm³/mol. The smallest absolute Gasteiger partial charge is 0.233 e. The third kappa shape index (κ3) is 2.63. The number of rotatable bonds is 3. The minimum atomic E-state index is -3.50. The maximum Gasteiger partial charge on any atom is 0.233 e. The van der Waals surface area contributed by atoms with Crippen LogP contribution < -0.4 is 10.0 Å². The summed E-state index contributed by atoms with van der Waals surface area (Å²) in [6, 6.07) is 1.17. The zero-order valence-corrected chi connectivity index (χ0v) is 9.25. The van der Waals surface area contributed by atoms with Gasteiger partial charge in [-0.3, -0.25) is 4.31 Å². The number of nitrogens with two attached hydrogens (primary N) is 1. The minimum absolute atomic E-state index is 0.160. The molecule has 1 rings (SSSR count). The van der Waals surface area contributed by atoms with Crippen LogP contribution in [-0.4, -0.2) is 26.7 Å². The van der Waals surface area contributed by atoms with Gasteiger partial charge in [0.25, 0.3) is 0 Å². The Hall–Kier alpha value is -1.21. The summed E-state index contributed by atoms with van der Waals surface area (Å²) in [5.74, 6) is -0.930. The summed E-state index contributed by atoms with van der Waals surface area (Å²) in [6.07, 6.45) is 2.32. The van der Waals surface area contributed by atoms with E-state index >= 15 is 0 Å². The van der Waals surface area contributed by atoms with Gasteiger partial charge in [0, 0.05) is 19.8 Å². The number of sulfonamides is 1. The van der Waals surface area contributed by atoms with Crippen LogP contribution in [0.4, 0.5) is 10.2 Å². The summed E-state index contributed by atoms with van der Waals surface area (Å²) in [5.41, 5.74) is 5.80. The van der Waals surface area contributed by atoms with E-state index in [0.717, 1.165) is 10.6 Å². The van der Waals surface area contributed by atoms with E-state index in [1.807, 2.05) is 0 Å². The number of aromatic nitrogens is 1. The molecule has 15 heavy (non-hydrogen) atoms. The Labute approximate surface area is 87.8 Å². The molecule has 0 saturated heterocycles. The Bertz CT molecular complexity index is 461. The van der Waals surface area contributed by atoms with Gasteiger partial charge in [0.05, 0.1) is 6.26 Å². The van der Waals surface area contributed by atoms with Crippen molar-refractivity contribution >= 4 is 15.8 Å². The van der Waals surface area contributed by atoms with Gasteiger partial charge in [0.15, 0.2) is 11.6 Å². The zero-order valence-electron chi connectivity index (χ0n) is 8.44. The molecule has 0 saturated carbocycles. The summed E-state index contributed by atoms with van der Waals surface area (Å²) < 4.78 is 36.4. The Balaban J connectivity index is 3.17. The third-order valence-corrected chi connectivity index (χ3v) is 3.08. The first-order valence-electron chi connectivity index (χ1n) is 4.14. The third-order valence-electron chi connectivity index (χ3n) is 1.91. The van der Waals surface area contributed by atoms with Crippen molar-refractivity contribution in [3.63, 3.8) is 0 Å². The molecule has 1 aromatic heterocycles. The lowest BCUT2D eigenvalue weighted by atomic mass is 10.3. The van der Waals surface area contributed by atoms with Crippen LogP contribution in [0.3, 0.4) is 0 Å². The molecule has 1 heterocycles. The summed E-state index contributed by atoms with van der Waals surface area (Å²) in [4.78, 5) is 3.71. The fourth-order valence-corrected chi connectivity index (χ4v) is 1.42. The van der Waals surface area contributed by atoms with Crippen molar-refractivity contribution in [3.8, 4) is 0 Å². The largest absolute Gasteiger partial charge is 0.326 e. The summed E-state index contributed by atoms with van der Waals surface area (Å²) in [6.45, 7) is 0.160. The molecular formula is C8H12FN3O2S. The van der Waals surface area contributed by atoms with Crippen molar-refractivity contribution in [3.05, 3.63) is 23.6 Å². The van der Waals surface area contributed by atoms with E-state index in [4.69, 9.17) is 5.73 Å². The lowest BCUT2D eigenvalue weighted by molar-refractivity contribution is 0.592. The standard InChI is InChI=1S/C8H12FN3O2S/c1-12(15(2,13)14)8-7(9)3-6(4-10)5-11-8/h3,5H,4,10H2,1-2H3. The highest BCUT2D eigenvalue weighted by atomic mass is 32.2. The van der Waals surface area contributed by atoms with E-state index in [2.05, 4.69) is 4.98 Å². The molecule has 0 unspecified atom stereocenters. The first kappa shape index (κ1) is 11.9. The highest BCUT2D eigenvalue weighted by Gasteiger charge is 2.17. The van der Waals surface area contributed by atoms with Gasteiger partial charge in [-0.05, 0) is 11.6 Å². The highest BCUT2D eigenvalue weighted by Crippen LogP contribution is 2.17. The van der Waals surface area contributed by atoms with Crippen LogP contribution in [0.15, 0.2) is 12.3 Å². The number of hydrogen-bond donors (Lipinski definition) is 1. The lowest BCUT2D eigenvalue weighted by Gasteiger charge is -2.16. The zero-order chi connectivity index (χ0) is 11.6. The molecule has 0 aliphatic carbocycles. The summed E-state index contributed by atoms with van der Waals surface area (Å²) >= 11 is 0. The van der Waals surface area contributed by atoms with Gasteiger partial charge >= 0.3 is 0 Å². The Morgan fingerprint density at radius 3 is 2.60 bits per heavy atom. The molecule has 0 radical (unpaired) electrons. The summed E-state index contributed by atoms with van der Waals surface area (Å²) in [7, 11) is -2.26. The monoisotopic (exact) mass is 233 g/mol. The average molecular weight is 233 g/mol. The van der Waals surface area contributed by atoms with E-state index in [0.29, 0.717) is 5.56 Å². The van der Waals surface area contributed by atoms with E-state index in [1.165, 1.54) is 19.3 Å². The molecule has 0 aliphatic rings. The lowest BCUT2D eigenvalue weighted by Crippen LogP contribution is -2.26. The molecule has 84 valence electrons. The average Bonchev–Trinajstić information content (AvgIpc) is 2.15. The Morgan fingerprint density at radius 1 is 1.60 bits per heavy atom. The minimum Gasteiger partial charge on any atom is -0.326 e. The van der Waals surface area contributed by atoms with E-state index < -0.39 is 15.8 Å². The fourth-order valence-electron chi connectivity index (χ4n) is 0.971. The van der Waals surface area contributed by atoms with Crippen LogP contribution in [0.2, 0.25) is 0 Å². The van der Waals surface area contributed by atoms with Gasteiger partial charge in [-0.25, -0.2) is 17.8 Å². The van der Waals surface area contributed by atoms with Crippen molar-refractivity contribution < 1.29 is 12.8 Å². The Morgan fingerprint density at radius 2 is 2.20 bits per heavy atom. The van der Waals surface area contributed by atoms with Crippen molar-refractivity contribution in [2.75, 3.05) is 17.6 Å². The molecule has 0 aromatic carbocycles. The van der Waals surface area contributed by atoms with Crippen LogP contribution in [0.1, 0.15) is 5.56 Å². The van der Waals surface area contributed by atoms with Crippen molar-refractivity contribution in [1.82, 2.24) is 4.98 Å². The molecule has 1 aromatic rings. The first-order chi connectivity index (χ1) is 6.86. The quantitative estimate of drug-likeness (QED) is 0.801. The maximum absolute atomic E-state index is 13.4. The SMILES string of the molecule is CN(c1ncc(CN)cc1F)S(C)(=O)=O. The second-order valence-corrected chi connectivity index (χ2v) is 5.10. The second-order valence-electron chi connectivity index (χ2n) is 3.08. The molecule has 0 amide bonds. The molecule has 0 aliphatic heterocycles. The van der Waals surface area contributed by atoms with Gasteiger partial charge in [-0.15, -0.1) is 0 Å². The Kier molecular flexibility index (Phi) is 3.25. The number of halogens is 1. The van der Waals surface area contributed by atoms with Gasteiger partial charge in [-0.2, -0.15) is 0 Å². The summed E-state index contributed by atoms with van der Waals surface area (Å²) in [5, 5.41) is 0. The molecule has 7 heteroatoms. The topological polar surface area (TPSA) is 76.3 Å². The normalized spacial score (nSPS) is 11.5. The molecule has 0 bridgehead atoms. The maximum atomic E-state index is 13.4. The number of nitrogens with zero attached hydrogens (tertiary/aromatic N) is 2. The molecular weight excluding hydrogens is 221 g/mol. The highest BCUT2D eigenvalue weighted by molar-refractivity contribution is 7.92. The fraction of sp³-hybridized carbons (Fsp3) is 0.375. The van der Waals surface area contributed by atoms with E-state index in [-0.39, 0.29) is 12.4 Å². The van der Waals surface area contributed by atoms with Crippen molar-refractivity contribution in [1.29, 1.82) is 0 Å². The van der Waals surface area contributed by atoms with Gasteiger partial charge < -0.3 is 5.73 Å². The number of anilines is 1.